The fraction of sp³-hybridized carbons (Fsp3) is 0.333. The van der Waals surface area contributed by atoms with Gasteiger partial charge in [0.05, 0.1) is 9.77 Å². The number of carbonyl (C=O) groups is 2. The van der Waals surface area contributed by atoms with E-state index in [-0.39, 0.29) is 29.7 Å². The zero-order chi connectivity index (χ0) is 20.2. The van der Waals surface area contributed by atoms with Gasteiger partial charge in [-0.2, -0.15) is 0 Å². The van der Waals surface area contributed by atoms with Crippen LogP contribution in [-0.2, 0) is 14.8 Å². The first-order valence-corrected chi connectivity index (χ1v) is 10.6. The lowest BCUT2D eigenvalue weighted by Crippen LogP contribution is -2.27. The van der Waals surface area contributed by atoms with E-state index in [9.17, 15) is 18.0 Å². The van der Waals surface area contributed by atoms with Crippen molar-refractivity contribution in [2.45, 2.75) is 25.2 Å². The highest BCUT2D eigenvalue weighted by Gasteiger charge is 2.20. The number of nitrogens with zero attached hydrogens (tertiary/aromatic N) is 1. The summed E-state index contributed by atoms with van der Waals surface area (Å²) in [4.78, 5) is 24.8. The van der Waals surface area contributed by atoms with Gasteiger partial charge in [-0.05, 0) is 48.6 Å². The van der Waals surface area contributed by atoms with Crippen LogP contribution in [0.3, 0.4) is 0 Å². The SMILES string of the molecule is Cc1cc(S(=O)(=O)N(C)C)cc(NC(=O)CCNC(=O)c2cccs2)c1C. The molecule has 2 aromatic rings. The van der Waals surface area contributed by atoms with Gasteiger partial charge in [-0.1, -0.05) is 6.07 Å². The highest BCUT2D eigenvalue weighted by atomic mass is 32.2. The molecule has 1 heterocycles. The molecule has 0 atom stereocenters. The molecule has 1 aromatic carbocycles. The molecule has 0 bridgehead atoms. The minimum Gasteiger partial charge on any atom is -0.351 e. The summed E-state index contributed by atoms with van der Waals surface area (Å²) >= 11 is 1.33. The van der Waals surface area contributed by atoms with Crippen molar-refractivity contribution in [1.82, 2.24) is 9.62 Å². The van der Waals surface area contributed by atoms with Crippen LogP contribution in [-0.4, -0.2) is 45.2 Å². The molecule has 2 amide bonds. The molecular formula is C18H23N3O4S2. The predicted octanol–water partition coefficient (Wildman–Crippen LogP) is 2.37. The highest BCUT2D eigenvalue weighted by Crippen LogP contribution is 2.25. The average Bonchev–Trinajstić information content (AvgIpc) is 3.13. The number of hydrogen-bond donors (Lipinski definition) is 2. The van der Waals surface area contributed by atoms with Crippen molar-refractivity contribution in [2.24, 2.45) is 0 Å². The van der Waals surface area contributed by atoms with E-state index in [1.807, 2.05) is 12.3 Å². The maximum Gasteiger partial charge on any atom is 0.261 e. The molecule has 9 heteroatoms. The number of aryl methyl sites for hydroxylation is 1. The summed E-state index contributed by atoms with van der Waals surface area (Å²) < 4.78 is 25.8. The van der Waals surface area contributed by atoms with E-state index in [1.165, 1.54) is 31.5 Å². The van der Waals surface area contributed by atoms with Crippen LogP contribution >= 0.6 is 11.3 Å². The Labute approximate surface area is 163 Å². The van der Waals surface area contributed by atoms with Gasteiger partial charge in [0.1, 0.15) is 0 Å². The number of nitrogens with one attached hydrogen (secondary N) is 2. The van der Waals surface area contributed by atoms with E-state index in [1.54, 1.807) is 25.1 Å². The number of rotatable bonds is 7. The molecule has 0 aliphatic heterocycles. The Morgan fingerprint density at radius 2 is 1.89 bits per heavy atom. The summed E-state index contributed by atoms with van der Waals surface area (Å²) in [7, 11) is -0.687. The zero-order valence-corrected chi connectivity index (χ0v) is 17.3. The van der Waals surface area contributed by atoms with Crippen LogP contribution in [0.1, 0.15) is 27.2 Å². The van der Waals surface area contributed by atoms with Crippen molar-refractivity contribution in [3.05, 3.63) is 45.6 Å². The number of anilines is 1. The van der Waals surface area contributed by atoms with Gasteiger partial charge < -0.3 is 10.6 Å². The number of thiophene rings is 1. The Hall–Kier alpha value is -2.23. The molecule has 0 aliphatic carbocycles. The van der Waals surface area contributed by atoms with Crippen LogP contribution < -0.4 is 10.6 Å². The maximum atomic E-state index is 12.4. The molecule has 0 spiro atoms. The van der Waals surface area contributed by atoms with Gasteiger partial charge in [0.25, 0.3) is 5.91 Å². The summed E-state index contributed by atoms with van der Waals surface area (Å²) in [5.41, 5.74) is 2.01. The average molecular weight is 410 g/mol. The third-order valence-electron chi connectivity index (χ3n) is 4.08. The highest BCUT2D eigenvalue weighted by molar-refractivity contribution is 7.89. The topological polar surface area (TPSA) is 95.6 Å². The summed E-state index contributed by atoms with van der Waals surface area (Å²) in [5.74, 6) is -0.521. The normalized spacial score (nSPS) is 11.4. The molecular weight excluding hydrogens is 386 g/mol. The number of sulfonamides is 1. The fourth-order valence-corrected chi connectivity index (χ4v) is 3.97. The van der Waals surface area contributed by atoms with Crippen LogP contribution in [0, 0.1) is 13.8 Å². The van der Waals surface area contributed by atoms with Gasteiger partial charge in [0.2, 0.25) is 15.9 Å². The molecule has 0 radical (unpaired) electrons. The van der Waals surface area contributed by atoms with E-state index in [2.05, 4.69) is 10.6 Å². The van der Waals surface area contributed by atoms with Crippen molar-refractivity contribution in [3.8, 4) is 0 Å². The summed E-state index contributed by atoms with van der Waals surface area (Å²) in [6.07, 6.45) is 0.0836. The lowest BCUT2D eigenvalue weighted by molar-refractivity contribution is -0.116. The van der Waals surface area contributed by atoms with Crippen molar-refractivity contribution in [3.63, 3.8) is 0 Å². The Morgan fingerprint density at radius 1 is 1.19 bits per heavy atom. The van der Waals surface area contributed by atoms with Crippen molar-refractivity contribution >= 4 is 38.9 Å². The van der Waals surface area contributed by atoms with Crippen LogP contribution in [0.15, 0.2) is 34.5 Å². The second-order valence-corrected chi connectivity index (χ2v) is 9.33. The van der Waals surface area contributed by atoms with Gasteiger partial charge in [0.15, 0.2) is 0 Å². The molecule has 0 saturated carbocycles. The maximum absolute atomic E-state index is 12.4. The third kappa shape index (κ3) is 5.15. The summed E-state index contributed by atoms with van der Waals surface area (Å²) in [6, 6.07) is 6.54. The van der Waals surface area contributed by atoms with E-state index in [0.717, 1.165) is 15.4 Å². The van der Waals surface area contributed by atoms with Crippen LogP contribution in [0.25, 0.3) is 0 Å². The molecule has 146 valence electrons. The largest absolute Gasteiger partial charge is 0.351 e. The van der Waals surface area contributed by atoms with Gasteiger partial charge in [-0.25, -0.2) is 12.7 Å². The van der Waals surface area contributed by atoms with E-state index < -0.39 is 10.0 Å². The summed E-state index contributed by atoms with van der Waals surface area (Å²) in [5, 5.41) is 7.23. The predicted molar refractivity (Wildman–Crippen MR) is 107 cm³/mol. The van der Waals surface area contributed by atoms with Crippen LogP contribution in [0.5, 0.6) is 0 Å². The van der Waals surface area contributed by atoms with Gasteiger partial charge in [-0.15, -0.1) is 11.3 Å². The van der Waals surface area contributed by atoms with Gasteiger partial charge in [0, 0.05) is 32.7 Å². The minimum absolute atomic E-state index is 0.0836. The molecule has 2 N–H and O–H groups in total. The number of benzene rings is 1. The first-order chi connectivity index (χ1) is 12.6. The molecule has 27 heavy (non-hydrogen) atoms. The Balaban J connectivity index is 2.04. The van der Waals surface area contributed by atoms with Crippen LogP contribution in [0.2, 0.25) is 0 Å². The Bertz CT molecular complexity index is 936. The minimum atomic E-state index is -3.60. The molecule has 0 aliphatic rings. The third-order valence-corrected chi connectivity index (χ3v) is 6.74. The number of carbonyl (C=O) groups excluding carboxylic acids is 2. The summed E-state index contributed by atoms with van der Waals surface area (Å²) in [6.45, 7) is 3.80. The quantitative estimate of drug-likeness (QED) is 0.734. The first kappa shape index (κ1) is 21.1. The van der Waals surface area contributed by atoms with Gasteiger partial charge >= 0.3 is 0 Å². The zero-order valence-electron chi connectivity index (χ0n) is 15.7. The molecule has 1 aromatic heterocycles. The van der Waals surface area contributed by atoms with Crippen molar-refractivity contribution in [1.29, 1.82) is 0 Å². The van der Waals surface area contributed by atoms with E-state index in [0.29, 0.717) is 10.6 Å². The van der Waals surface area contributed by atoms with Crippen molar-refractivity contribution < 1.29 is 18.0 Å². The molecule has 2 rings (SSSR count). The number of hydrogen-bond acceptors (Lipinski definition) is 5. The second-order valence-electron chi connectivity index (χ2n) is 6.23. The first-order valence-electron chi connectivity index (χ1n) is 8.28. The fourth-order valence-electron chi connectivity index (χ4n) is 2.31. The Kier molecular flexibility index (Phi) is 6.74. The molecule has 0 saturated heterocycles. The van der Waals surface area contributed by atoms with Crippen LogP contribution in [0.4, 0.5) is 5.69 Å². The standard InChI is InChI=1S/C18H23N3O4S2/c1-12-10-14(27(24,25)21(3)4)11-15(13(12)2)20-17(22)7-8-19-18(23)16-6-5-9-26-16/h5-6,9-11H,7-8H2,1-4H3,(H,19,23)(H,20,22). The lowest BCUT2D eigenvalue weighted by Gasteiger charge is -2.16. The van der Waals surface area contributed by atoms with Crippen molar-refractivity contribution in [2.75, 3.05) is 26.0 Å². The smallest absolute Gasteiger partial charge is 0.261 e. The lowest BCUT2D eigenvalue weighted by atomic mass is 10.1. The molecule has 7 nitrogen and oxygen atoms in total. The van der Waals surface area contributed by atoms with Gasteiger partial charge in [-0.3, -0.25) is 9.59 Å². The molecule has 0 fully saturated rings. The second kappa shape index (κ2) is 8.64. The molecule has 0 unspecified atom stereocenters. The van der Waals surface area contributed by atoms with E-state index >= 15 is 0 Å². The number of amides is 2. The Morgan fingerprint density at radius 3 is 2.48 bits per heavy atom. The van der Waals surface area contributed by atoms with E-state index in [4.69, 9.17) is 0 Å². The monoisotopic (exact) mass is 409 g/mol.